The summed E-state index contributed by atoms with van der Waals surface area (Å²) in [7, 11) is 0. The summed E-state index contributed by atoms with van der Waals surface area (Å²) in [5.41, 5.74) is 1.65. The first-order valence-electron chi connectivity index (χ1n) is 4.16. The van der Waals surface area contributed by atoms with Crippen LogP contribution in [0.1, 0.15) is 5.89 Å². The van der Waals surface area contributed by atoms with Crippen LogP contribution in [0.5, 0.6) is 0 Å². The lowest BCUT2D eigenvalue weighted by Gasteiger charge is -1.94. The minimum absolute atomic E-state index is 0.461. The summed E-state index contributed by atoms with van der Waals surface area (Å²) in [4.78, 5) is 5.27. The minimum Gasteiger partial charge on any atom is -0.441 e. The Morgan fingerprint density at radius 2 is 2.43 bits per heavy atom. The van der Waals surface area contributed by atoms with Gasteiger partial charge in [0.05, 0.1) is 11.8 Å². The first-order chi connectivity index (χ1) is 6.79. The van der Waals surface area contributed by atoms with Crippen molar-refractivity contribution in [2.45, 2.75) is 11.8 Å². The molecule has 0 bridgehead atoms. The van der Waals surface area contributed by atoms with E-state index in [1.807, 2.05) is 25.1 Å². The molecule has 2 aromatic rings. The van der Waals surface area contributed by atoms with Crippen LogP contribution in [0, 0.1) is 18.3 Å². The Hall–Kier alpha value is -1.47. The van der Waals surface area contributed by atoms with Crippen molar-refractivity contribution in [1.82, 2.24) is 4.98 Å². The van der Waals surface area contributed by atoms with Gasteiger partial charge in [0.15, 0.2) is 11.5 Å². The van der Waals surface area contributed by atoms with Crippen molar-refractivity contribution in [2.75, 3.05) is 5.75 Å². The summed E-state index contributed by atoms with van der Waals surface area (Å²) in [6, 6.07) is 7.85. The molecule has 0 aliphatic heterocycles. The van der Waals surface area contributed by atoms with Crippen LogP contribution in [0.15, 0.2) is 27.5 Å². The number of rotatable bonds is 2. The van der Waals surface area contributed by atoms with E-state index in [1.54, 1.807) is 0 Å². The van der Waals surface area contributed by atoms with Crippen molar-refractivity contribution in [2.24, 2.45) is 0 Å². The van der Waals surface area contributed by atoms with E-state index in [-0.39, 0.29) is 0 Å². The van der Waals surface area contributed by atoms with Crippen molar-refractivity contribution < 1.29 is 4.42 Å². The van der Waals surface area contributed by atoms with E-state index in [0.29, 0.717) is 11.6 Å². The van der Waals surface area contributed by atoms with Gasteiger partial charge in [-0.05, 0) is 18.2 Å². The fourth-order valence-corrected chi connectivity index (χ4v) is 1.82. The molecule has 0 amide bonds. The van der Waals surface area contributed by atoms with Gasteiger partial charge in [0.2, 0.25) is 0 Å². The summed E-state index contributed by atoms with van der Waals surface area (Å²) in [5, 5.41) is 8.44. The van der Waals surface area contributed by atoms with Crippen molar-refractivity contribution >= 4 is 22.9 Å². The van der Waals surface area contributed by atoms with Crippen molar-refractivity contribution in [3.05, 3.63) is 24.1 Å². The molecule has 70 valence electrons. The van der Waals surface area contributed by atoms with Gasteiger partial charge in [-0.3, -0.25) is 0 Å². The van der Waals surface area contributed by atoms with Crippen LogP contribution in [0.25, 0.3) is 11.1 Å². The Kier molecular flexibility index (Phi) is 2.42. The van der Waals surface area contributed by atoms with E-state index < -0.39 is 0 Å². The number of benzene rings is 1. The van der Waals surface area contributed by atoms with Crippen molar-refractivity contribution in [3.63, 3.8) is 0 Å². The summed E-state index contributed by atoms with van der Waals surface area (Å²) in [6.45, 7) is 1.82. The fraction of sp³-hybridized carbons (Fsp3) is 0.200. The quantitative estimate of drug-likeness (QED) is 0.706. The zero-order valence-corrected chi connectivity index (χ0v) is 8.47. The Morgan fingerprint density at radius 1 is 1.57 bits per heavy atom. The van der Waals surface area contributed by atoms with Gasteiger partial charge in [0, 0.05) is 11.8 Å². The molecule has 4 heteroatoms. The second-order valence-electron chi connectivity index (χ2n) is 2.81. The highest BCUT2D eigenvalue weighted by Crippen LogP contribution is 2.23. The van der Waals surface area contributed by atoms with Crippen molar-refractivity contribution in [1.29, 1.82) is 5.26 Å². The average Bonchev–Trinajstić information content (AvgIpc) is 2.54. The van der Waals surface area contributed by atoms with Crippen LogP contribution in [0.4, 0.5) is 0 Å². The lowest BCUT2D eigenvalue weighted by Crippen LogP contribution is -1.75. The molecular formula is C10H8N2OS. The SMILES string of the molecule is Cc1nc2cc(SCC#N)ccc2o1. The number of hydrogen-bond acceptors (Lipinski definition) is 4. The predicted molar refractivity (Wildman–Crippen MR) is 55.1 cm³/mol. The van der Waals surface area contributed by atoms with Crippen LogP contribution in [-0.2, 0) is 0 Å². The molecule has 3 nitrogen and oxygen atoms in total. The van der Waals surface area contributed by atoms with E-state index in [1.165, 1.54) is 11.8 Å². The fourth-order valence-electron chi connectivity index (χ4n) is 1.23. The lowest BCUT2D eigenvalue weighted by atomic mass is 10.3. The molecule has 14 heavy (non-hydrogen) atoms. The first kappa shape index (κ1) is 9.10. The molecule has 0 fully saturated rings. The average molecular weight is 204 g/mol. The summed E-state index contributed by atoms with van der Waals surface area (Å²) in [5.74, 6) is 1.13. The first-order valence-corrected chi connectivity index (χ1v) is 5.15. The molecule has 0 saturated heterocycles. The number of aryl methyl sites for hydroxylation is 1. The molecule has 0 atom stereocenters. The highest BCUT2D eigenvalue weighted by atomic mass is 32.2. The van der Waals surface area contributed by atoms with Crippen LogP contribution in [0.2, 0.25) is 0 Å². The van der Waals surface area contributed by atoms with Crippen LogP contribution < -0.4 is 0 Å². The number of nitrogens with zero attached hydrogens (tertiary/aromatic N) is 2. The van der Waals surface area contributed by atoms with Crippen LogP contribution in [-0.4, -0.2) is 10.7 Å². The Bertz CT molecular complexity index is 498. The smallest absolute Gasteiger partial charge is 0.192 e. The lowest BCUT2D eigenvalue weighted by molar-refractivity contribution is 0.561. The molecule has 0 aliphatic carbocycles. The van der Waals surface area contributed by atoms with Gasteiger partial charge in [0.1, 0.15) is 5.52 Å². The molecule has 1 heterocycles. The molecule has 2 rings (SSSR count). The molecule has 0 spiro atoms. The standard InChI is InChI=1S/C10H8N2OS/c1-7-12-9-6-8(14-5-4-11)2-3-10(9)13-7/h2-3,6H,5H2,1H3. The molecule has 0 N–H and O–H groups in total. The van der Waals surface area contributed by atoms with Gasteiger partial charge in [-0.1, -0.05) is 0 Å². The molecule has 0 unspecified atom stereocenters. The summed E-state index contributed by atoms with van der Waals surface area (Å²) in [6.07, 6.45) is 0. The number of fused-ring (bicyclic) bond motifs is 1. The molecular weight excluding hydrogens is 196 g/mol. The molecule has 1 aromatic heterocycles. The van der Waals surface area contributed by atoms with E-state index in [2.05, 4.69) is 11.1 Å². The topological polar surface area (TPSA) is 49.8 Å². The largest absolute Gasteiger partial charge is 0.441 e. The number of aromatic nitrogens is 1. The Labute approximate surface area is 85.7 Å². The number of hydrogen-bond donors (Lipinski definition) is 0. The maximum Gasteiger partial charge on any atom is 0.192 e. The van der Waals surface area contributed by atoms with Crippen LogP contribution in [0.3, 0.4) is 0 Å². The Morgan fingerprint density at radius 3 is 3.21 bits per heavy atom. The van der Waals surface area contributed by atoms with Crippen molar-refractivity contribution in [3.8, 4) is 6.07 Å². The maximum atomic E-state index is 8.44. The number of thioether (sulfide) groups is 1. The van der Waals surface area contributed by atoms with E-state index >= 15 is 0 Å². The third kappa shape index (κ3) is 1.73. The Balaban J connectivity index is 2.36. The van der Waals surface area contributed by atoms with Gasteiger partial charge in [0.25, 0.3) is 0 Å². The number of oxazole rings is 1. The van der Waals surface area contributed by atoms with Gasteiger partial charge in [-0.2, -0.15) is 5.26 Å². The number of nitriles is 1. The molecule has 0 aliphatic rings. The summed E-state index contributed by atoms with van der Waals surface area (Å²) < 4.78 is 5.34. The third-order valence-corrected chi connectivity index (χ3v) is 2.63. The monoisotopic (exact) mass is 204 g/mol. The second-order valence-corrected chi connectivity index (χ2v) is 3.86. The van der Waals surface area contributed by atoms with Gasteiger partial charge in [-0.15, -0.1) is 11.8 Å². The van der Waals surface area contributed by atoms with E-state index in [9.17, 15) is 0 Å². The maximum absolute atomic E-state index is 8.44. The zero-order chi connectivity index (χ0) is 9.97. The zero-order valence-electron chi connectivity index (χ0n) is 7.65. The summed E-state index contributed by atoms with van der Waals surface area (Å²) >= 11 is 1.50. The second kappa shape index (κ2) is 3.72. The normalized spacial score (nSPS) is 10.3. The van der Waals surface area contributed by atoms with E-state index in [4.69, 9.17) is 9.68 Å². The molecule has 0 saturated carbocycles. The minimum atomic E-state index is 0.461. The highest BCUT2D eigenvalue weighted by Gasteiger charge is 2.02. The van der Waals surface area contributed by atoms with Gasteiger partial charge >= 0.3 is 0 Å². The molecule has 0 radical (unpaired) electrons. The predicted octanol–water partition coefficient (Wildman–Crippen LogP) is 2.75. The van der Waals surface area contributed by atoms with Gasteiger partial charge < -0.3 is 4.42 Å². The third-order valence-electron chi connectivity index (χ3n) is 1.77. The van der Waals surface area contributed by atoms with Gasteiger partial charge in [-0.25, -0.2) is 4.98 Å². The van der Waals surface area contributed by atoms with Crippen LogP contribution >= 0.6 is 11.8 Å². The highest BCUT2D eigenvalue weighted by molar-refractivity contribution is 7.99. The van der Waals surface area contributed by atoms with E-state index in [0.717, 1.165) is 16.0 Å². The molecule has 1 aromatic carbocycles.